The van der Waals surface area contributed by atoms with Crippen LogP contribution in [0.2, 0.25) is 0 Å². The summed E-state index contributed by atoms with van der Waals surface area (Å²) in [6.07, 6.45) is 6.42. The van der Waals surface area contributed by atoms with Gasteiger partial charge < -0.3 is 4.90 Å². The summed E-state index contributed by atoms with van der Waals surface area (Å²) >= 11 is 3.53. The standard InChI is InChI=1S/C14H20BrN3/c1-10-3-2-7-18(8-6-10)13-9-12(15)16-14(17-13)11-4-5-11/h9-11H,2-8H2,1H3. The van der Waals surface area contributed by atoms with E-state index in [4.69, 9.17) is 4.98 Å². The van der Waals surface area contributed by atoms with Gasteiger partial charge in [0.15, 0.2) is 0 Å². The molecule has 2 fully saturated rings. The first-order valence-electron chi connectivity index (χ1n) is 7.02. The molecule has 1 saturated carbocycles. The molecule has 1 aliphatic heterocycles. The molecule has 1 aromatic heterocycles. The second kappa shape index (κ2) is 5.16. The first-order chi connectivity index (χ1) is 8.72. The molecule has 1 unspecified atom stereocenters. The van der Waals surface area contributed by atoms with Gasteiger partial charge in [0.1, 0.15) is 16.2 Å². The molecule has 0 radical (unpaired) electrons. The lowest BCUT2D eigenvalue weighted by atomic mass is 10.0. The highest BCUT2D eigenvalue weighted by atomic mass is 79.9. The van der Waals surface area contributed by atoms with E-state index in [1.54, 1.807) is 0 Å². The van der Waals surface area contributed by atoms with Crippen LogP contribution in [0.4, 0.5) is 5.82 Å². The zero-order valence-electron chi connectivity index (χ0n) is 10.9. The van der Waals surface area contributed by atoms with Crippen molar-refractivity contribution in [1.29, 1.82) is 0 Å². The molecule has 18 heavy (non-hydrogen) atoms. The summed E-state index contributed by atoms with van der Waals surface area (Å²) in [5.41, 5.74) is 0. The van der Waals surface area contributed by atoms with E-state index in [-0.39, 0.29) is 0 Å². The van der Waals surface area contributed by atoms with E-state index < -0.39 is 0 Å². The Balaban J connectivity index is 1.81. The second-order valence-corrected chi connectivity index (χ2v) is 6.52. The predicted molar refractivity (Wildman–Crippen MR) is 76.9 cm³/mol. The maximum absolute atomic E-state index is 4.77. The number of rotatable bonds is 2. The third kappa shape index (κ3) is 2.85. The summed E-state index contributed by atoms with van der Waals surface area (Å²) in [6, 6.07) is 2.07. The summed E-state index contributed by atoms with van der Waals surface area (Å²) in [5, 5.41) is 0. The second-order valence-electron chi connectivity index (χ2n) is 5.70. The molecular formula is C14H20BrN3. The van der Waals surface area contributed by atoms with Gasteiger partial charge in [-0.15, -0.1) is 0 Å². The van der Waals surface area contributed by atoms with Crippen molar-refractivity contribution in [2.45, 2.75) is 44.9 Å². The minimum absolute atomic E-state index is 0.618. The summed E-state index contributed by atoms with van der Waals surface area (Å²) in [6.45, 7) is 4.63. The van der Waals surface area contributed by atoms with Crippen molar-refractivity contribution in [3.05, 3.63) is 16.5 Å². The molecule has 98 valence electrons. The van der Waals surface area contributed by atoms with Crippen LogP contribution in [0.1, 0.15) is 50.8 Å². The van der Waals surface area contributed by atoms with Gasteiger partial charge in [-0.05, 0) is 54.0 Å². The van der Waals surface area contributed by atoms with Gasteiger partial charge in [0.2, 0.25) is 0 Å². The average Bonchev–Trinajstić information content (AvgIpc) is 3.15. The Morgan fingerprint density at radius 2 is 2.00 bits per heavy atom. The molecule has 3 nitrogen and oxygen atoms in total. The fourth-order valence-corrected chi connectivity index (χ4v) is 2.99. The highest BCUT2D eigenvalue weighted by Crippen LogP contribution is 2.39. The SMILES string of the molecule is CC1CCCN(c2cc(Br)nc(C3CC3)n2)CC1. The van der Waals surface area contributed by atoms with Crippen LogP contribution in [0.5, 0.6) is 0 Å². The van der Waals surface area contributed by atoms with Gasteiger partial charge in [0, 0.05) is 25.1 Å². The third-order valence-corrected chi connectivity index (χ3v) is 4.39. The van der Waals surface area contributed by atoms with E-state index in [2.05, 4.69) is 38.8 Å². The van der Waals surface area contributed by atoms with E-state index >= 15 is 0 Å². The maximum Gasteiger partial charge on any atom is 0.135 e. The van der Waals surface area contributed by atoms with E-state index in [0.717, 1.165) is 35.3 Å². The predicted octanol–water partition coefficient (Wildman–Crippen LogP) is 3.74. The molecule has 1 atom stereocenters. The molecular weight excluding hydrogens is 290 g/mol. The van der Waals surface area contributed by atoms with Gasteiger partial charge in [0.05, 0.1) is 0 Å². The molecule has 0 bridgehead atoms. The lowest BCUT2D eigenvalue weighted by Gasteiger charge is -2.22. The van der Waals surface area contributed by atoms with Crippen LogP contribution in [0.3, 0.4) is 0 Å². The molecule has 1 saturated heterocycles. The van der Waals surface area contributed by atoms with Crippen LogP contribution in [-0.2, 0) is 0 Å². The number of halogens is 1. The molecule has 0 N–H and O–H groups in total. The normalized spacial score (nSPS) is 25.0. The molecule has 0 spiro atoms. The molecule has 0 amide bonds. The maximum atomic E-state index is 4.77. The summed E-state index contributed by atoms with van der Waals surface area (Å²) in [7, 11) is 0. The average molecular weight is 310 g/mol. The Morgan fingerprint density at radius 1 is 1.17 bits per heavy atom. The van der Waals surface area contributed by atoms with Crippen LogP contribution < -0.4 is 4.90 Å². The van der Waals surface area contributed by atoms with E-state index in [0.29, 0.717) is 5.92 Å². The van der Waals surface area contributed by atoms with Crippen molar-refractivity contribution in [1.82, 2.24) is 9.97 Å². The van der Waals surface area contributed by atoms with E-state index in [9.17, 15) is 0 Å². The zero-order valence-corrected chi connectivity index (χ0v) is 12.5. The van der Waals surface area contributed by atoms with Crippen molar-refractivity contribution in [3.8, 4) is 0 Å². The number of hydrogen-bond donors (Lipinski definition) is 0. The molecule has 1 aliphatic carbocycles. The number of anilines is 1. The number of nitrogens with zero attached hydrogens (tertiary/aromatic N) is 3. The van der Waals surface area contributed by atoms with Crippen molar-refractivity contribution in [2.24, 2.45) is 5.92 Å². The fraction of sp³-hybridized carbons (Fsp3) is 0.714. The first-order valence-corrected chi connectivity index (χ1v) is 7.81. The molecule has 2 aliphatic rings. The Kier molecular flexibility index (Phi) is 3.55. The highest BCUT2D eigenvalue weighted by Gasteiger charge is 2.28. The quantitative estimate of drug-likeness (QED) is 0.779. The zero-order chi connectivity index (χ0) is 12.5. The van der Waals surface area contributed by atoms with E-state index in [1.165, 1.54) is 32.1 Å². The molecule has 0 aromatic carbocycles. The van der Waals surface area contributed by atoms with Crippen LogP contribution in [-0.4, -0.2) is 23.1 Å². The topological polar surface area (TPSA) is 29.0 Å². The van der Waals surface area contributed by atoms with Gasteiger partial charge >= 0.3 is 0 Å². The monoisotopic (exact) mass is 309 g/mol. The van der Waals surface area contributed by atoms with Gasteiger partial charge in [-0.2, -0.15) is 0 Å². The number of aromatic nitrogens is 2. The van der Waals surface area contributed by atoms with Crippen molar-refractivity contribution in [3.63, 3.8) is 0 Å². The molecule has 1 aromatic rings. The highest BCUT2D eigenvalue weighted by molar-refractivity contribution is 9.10. The van der Waals surface area contributed by atoms with Crippen molar-refractivity contribution < 1.29 is 0 Å². The smallest absolute Gasteiger partial charge is 0.135 e. The van der Waals surface area contributed by atoms with Gasteiger partial charge in [-0.1, -0.05) is 6.92 Å². The Hall–Kier alpha value is -0.640. The Labute approximate surface area is 117 Å². The summed E-state index contributed by atoms with van der Waals surface area (Å²) in [5.74, 6) is 3.62. The van der Waals surface area contributed by atoms with E-state index in [1.807, 2.05) is 0 Å². The van der Waals surface area contributed by atoms with Crippen LogP contribution in [0.25, 0.3) is 0 Å². The summed E-state index contributed by atoms with van der Waals surface area (Å²) in [4.78, 5) is 11.7. The van der Waals surface area contributed by atoms with Gasteiger partial charge in [-0.3, -0.25) is 0 Å². The summed E-state index contributed by atoms with van der Waals surface area (Å²) < 4.78 is 0.937. The lowest BCUT2D eigenvalue weighted by molar-refractivity contribution is 0.521. The van der Waals surface area contributed by atoms with Crippen molar-refractivity contribution in [2.75, 3.05) is 18.0 Å². The Morgan fingerprint density at radius 3 is 2.78 bits per heavy atom. The first kappa shape index (κ1) is 12.4. The van der Waals surface area contributed by atoms with Gasteiger partial charge in [-0.25, -0.2) is 9.97 Å². The van der Waals surface area contributed by atoms with Crippen LogP contribution >= 0.6 is 15.9 Å². The molecule has 3 rings (SSSR count). The minimum Gasteiger partial charge on any atom is -0.356 e. The van der Waals surface area contributed by atoms with Crippen LogP contribution in [0, 0.1) is 5.92 Å². The Bertz CT molecular complexity index is 431. The lowest BCUT2D eigenvalue weighted by Crippen LogP contribution is -2.25. The molecule has 4 heteroatoms. The third-order valence-electron chi connectivity index (χ3n) is 3.98. The van der Waals surface area contributed by atoms with Crippen molar-refractivity contribution >= 4 is 21.7 Å². The molecule has 2 heterocycles. The number of hydrogen-bond acceptors (Lipinski definition) is 3. The van der Waals surface area contributed by atoms with Crippen LogP contribution in [0.15, 0.2) is 10.7 Å². The fourth-order valence-electron chi connectivity index (χ4n) is 2.60. The van der Waals surface area contributed by atoms with Gasteiger partial charge in [0.25, 0.3) is 0 Å². The largest absolute Gasteiger partial charge is 0.356 e. The minimum atomic E-state index is 0.618.